The maximum Gasteiger partial charge on any atom is 0.255 e. The fraction of sp³-hybridized carbons (Fsp3) is 0.421. The highest BCUT2D eigenvalue weighted by Gasteiger charge is 2.48. The average molecular weight is 327 g/mol. The number of hydrogen-bond acceptors (Lipinski definition) is 4. The molecule has 24 heavy (non-hydrogen) atoms. The van der Waals surface area contributed by atoms with Crippen LogP contribution in [0.1, 0.15) is 54.0 Å². The van der Waals surface area contributed by atoms with Crippen LogP contribution in [0.15, 0.2) is 30.6 Å². The van der Waals surface area contributed by atoms with Gasteiger partial charge in [0.25, 0.3) is 5.91 Å². The molecule has 1 aliphatic carbocycles. The molecule has 5 heteroatoms. The second-order valence-corrected chi connectivity index (χ2v) is 5.75. The maximum atomic E-state index is 12.7. The summed E-state index contributed by atoms with van der Waals surface area (Å²) in [4.78, 5) is 21.2. The van der Waals surface area contributed by atoms with E-state index in [4.69, 9.17) is 4.74 Å². The fourth-order valence-corrected chi connectivity index (χ4v) is 2.50. The number of rotatable bonds is 4. The van der Waals surface area contributed by atoms with Gasteiger partial charge in [-0.25, -0.2) is 9.97 Å². The Bertz CT molecular complexity index is 710. The van der Waals surface area contributed by atoms with Crippen LogP contribution in [0.2, 0.25) is 0 Å². The zero-order chi connectivity index (χ0) is 17.7. The van der Waals surface area contributed by atoms with Crippen LogP contribution in [0.5, 0.6) is 5.75 Å². The lowest BCUT2D eigenvalue weighted by Crippen LogP contribution is -2.36. The molecule has 1 aliphatic rings. The van der Waals surface area contributed by atoms with Crippen molar-refractivity contribution in [1.82, 2.24) is 15.3 Å². The number of nitrogens with one attached hydrogen (secondary N) is 1. The molecule has 1 aromatic heterocycles. The van der Waals surface area contributed by atoms with Gasteiger partial charge in [-0.05, 0) is 56.0 Å². The van der Waals surface area contributed by atoms with Crippen LogP contribution in [0, 0.1) is 13.8 Å². The quantitative estimate of drug-likeness (QED) is 0.933. The number of benzene rings is 1. The van der Waals surface area contributed by atoms with Crippen LogP contribution in [-0.2, 0) is 5.54 Å². The SMILES string of the molecule is CC.COc1cc(C)c(C)cc1C(=O)NC1(c2ncccn2)CC1. The molecule has 1 N–H and O–H groups in total. The zero-order valence-electron chi connectivity index (χ0n) is 15.0. The summed E-state index contributed by atoms with van der Waals surface area (Å²) in [5.74, 6) is 1.11. The van der Waals surface area contributed by atoms with Crippen LogP contribution < -0.4 is 10.1 Å². The third kappa shape index (κ3) is 3.55. The van der Waals surface area contributed by atoms with Gasteiger partial charge in [-0.2, -0.15) is 0 Å². The summed E-state index contributed by atoms with van der Waals surface area (Å²) >= 11 is 0. The van der Waals surface area contributed by atoms with Gasteiger partial charge in [-0.3, -0.25) is 4.79 Å². The Labute approximate surface area is 143 Å². The first-order valence-corrected chi connectivity index (χ1v) is 8.31. The van der Waals surface area contributed by atoms with E-state index < -0.39 is 5.54 Å². The molecule has 0 bridgehead atoms. The molecule has 3 rings (SSSR count). The van der Waals surface area contributed by atoms with Crippen molar-refractivity contribution >= 4 is 5.91 Å². The fourth-order valence-electron chi connectivity index (χ4n) is 2.50. The van der Waals surface area contributed by atoms with Crippen molar-refractivity contribution in [3.05, 3.63) is 53.1 Å². The van der Waals surface area contributed by atoms with Crippen molar-refractivity contribution in [1.29, 1.82) is 0 Å². The van der Waals surface area contributed by atoms with Crippen LogP contribution in [0.3, 0.4) is 0 Å². The maximum absolute atomic E-state index is 12.7. The number of methoxy groups -OCH3 is 1. The normalized spacial score (nSPS) is 14.2. The summed E-state index contributed by atoms with van der Waals surface area (Å²) < 4.78 is 5.35. The molecular formula is C19H25N3O2. The molecule has 1 amide bonds. The van der Waals surface area contributed by atoms with Crippen LogP contribution in [-0.4, -0.2) is 23.0 Å². The Morgan fingerprint density at radius 2 is 1.71 bits per heavy atom. The number of amides is 1. The zero-order valence-corrected chi connectivity index (χ0v) is 15.0. The van der Waals surface area contributed by atoms with Crippen molar-refractivity contribution in [3.8, 4) is 5.75 Å². The van der Waals surface area contributed by atoms with Gasteiger partial charge in [0.1, 0.15) is 11.3 Å². The average Bonchev–Trinajstić information content (AvgIpc) is 3.40. The van der Waals surface area contributed by atoms with Crippen molar-refractivity contribution in [2.45, 2.75) is 46.1 Å². The minimum atomic E-state index is -0.428. The molecule has 0 aliphatic heterocycles. The second kappa shape index (κ2) is 7.43. The molecule has 1 saturated carbocycles. The van der Waals surface area contributed by atoms with E-state index in [0.717, 1.165) is 24.0 Å². The van der Waals surface area contributed by atoms with E-state index in [1.54, 1.807) is 25.6 Å². The van der Waals surface area contributed by atoms with E-state index in [-0.39, 0.29) is 5.91 Å². The Hall–Kier alpha value is -2.43. The molecule has 1 fully saturated rings. The van der Waals surface area contributed by atoms with Gasteiger partial charge in [-0.15, -0.1) is 0 Å². The highest BCUT2D eigenvalue weighted by atomic mass is 16.5. The van der Waals surface area contributed by atoms with E-state index in [1.165, 1.54) is 0 Å². The lowest BCUT2D eigenvalue weighted by Gasteiger charge is -2.18. The standard InChI is InChI=1S/C17H19N3O2.C2H6/c1-11-9-13(14(22-3)10-12(11)2)15(21)20-17(5-6-17)16-18-7-4-8-19-16;1-2/h4,7-10H,5-6H2,1-3H3,(H,20,21);1-2H3. The summed E-state index contributed by atoms with van der Waals surface area (Å²) in [5.41, 5.74) is 2.28. The Morgan fingerprint density at radius 3 is 2.25 bits per heavy atom. The minimum Gasteiger partial charge on any atom is -0.496 e. The van der Waals surface area contributed by atoms with Gasteiger partial charge in [0.05, 0.1) is 12.7 Å². The van der Waals surface area contributed by atoms with E-state index in [0.29, 0.717) is 17.1 Å². The molecule has 0 saturated heterocycles. The van der Waals surface area contributed by atoms with Crippen molar-refractivity contribution in [2.24, 2.45) is 0 Å². The molecule has 0 spiro atoms. The summed E-state index contributed by atoms with van der Waals surface area (Å²) in [6.45, 7) is 7.98. The van der Waals surface area contributed by atoms with Gasteiger partial charge < -0.3 is 10.1 Å². The van der Waals surface area contributed by atoms with Gasteiger partial charge in [-0.1, -0.05) is 13.8 Å². The lowest BCUT2D eigenvalue weighted by atomic mass is 10.0. The largest absolute Gasteiger partial charge is 0.496 e. The van der Waals surface area contributed by atoms with Crippen molar-refractivity contribution in [3.63, 3.8) is 0 Å². The topological polar surface area (TPSA) is 64.1 Å². The number of nitrogens with zero attached hydrogens (tertiary/aromatic N) is 2. The van der Waals surface area contributed by atoms with Crippen molar-refractivity contribution < 1.29 is 9.53 Å². The predicted octanol–water partition coefficient (Wildman–Crippen LogP) is 3.55. The number of carbonyl (C=O) groups excluding carboxylic acids is 1. The van der Waals surface area contributed by atoms with Crippen LogP contribution in [0.25, 0.3) is 0 Å². The highest BCUT2D eigenvalue weighted by Crippen LogP contribution is 2.44. The highest BCUT2D eigenvalue weighted by molar-refractivity contribution is 5.98. The number of carbonyl (C=O) groups is 1. The first kappa shape index (κ1) is 17.9. The first-order chi connectivity index (χ1) is 11.6. The number of ether oxygens (including phenoxy) is 1. The summed E-state index contributed by atoms with van der Waals surface area (Å²) in [7, 11) is 1.58. The van der Waals surface area contributed by atoms with E-state index in [1.807, 2.05) is 39.8 Å². The molecule has 2 aromatic rings. The minimum absolute atomic E-state index is 0.148. The summed E-state index contributed by atoms with van der Waals surface area (Å²) in [5, 5.41) is 3.08. The van der Waals surface area contributed by atoms with Gasteiger partial charge in [0, 0.05) is 12.4 Å². The molecule has 5 nitrogen and oxygen atoms in total. The van der Waals surface area contributed by atoms with Crippen molar-refractivity contribution in [2.75, 3.05) is 7.11 Å². The smallest absolute Gasteiger partial charge is 0.255 e. The Morgan fingerprint density at radius 1 is 1.12 bits per heavy atom. The second-order valence-electron chi connectivity index (χ2n) is 5.75. The van der Waals surface area contributed by atoms with Crippen LogP contribution >= 0.6 is 0 Å². The summed E-state index contributed by atoms with van der Waals surface area (Å²) in [6, 6.07) is 5.53. The van der Waals surface area contributed by atoms with E-state index >= 15 is 0 Å². The number of aryl methyl sites for hydroxylation is 2. The predicted molar refractivity (Wildman–Crippen MR) is 94.2 cm³/mol. The third-order valence-electron chi connectivity index (χ3n) is 4.16. The van der Waals surface area contributed by atoms with E-state index in [9.17, 15) is 4.79 Å². The molecule has 0 radical (unpaired) electrons. The monoisotopic (exact) mass is 327 g/mol. The Balaban J connectivity index is 0.00000100. The van der Waals surface area contributed by atoms with E-state index in [2.05, 4.69) is 15.3 Å². The molecule has 0 unspecified atom stereocenters. The van der Waals surface area contributed by atoms with Crippen LogP contribution in [0.4, 0.5) is 0 Å². The Kier molecular flexibility index (Phi) is 5.54. The molecule has 1 aromatic carbocycles. The first-order valence-electron chi connectivity index (χ1n) is 8.31. The third-order valence-corrected chi connectivity index (χ3v) is 4.16. The molecule has 1 heterocycles. The number of hydrogen-bond donors (Lipinski definition) is 1. The van der Waals surface area contributed by atoms with Gasteiger partial charge in [0.2, 0.25) is 0 Å². The molecular weight excluding hydrogens is 302 g/mol. The number of aromatic nitrogens is 2. The summed E-state index contributed by atoms with van der Waals surface area (Å²) in [6.07, 6.45) is 5.11. The molecule has 128 valence electrons. The lowest BCUT2D eigenvalue weighted by molar-refractivity contribution is 0.0925. The van der Waals surface area contributed by atoms with Gasteiger partial charge >= 0.3 is 0 Å². The molecule has 0 atom stereocenters. The van der Waals surface area contributed by atoms with Gasteiger partial charge in [0.15, 0.2) is 5.82 Å².